The fourth-order valence-electron chi connectivity index (χ4n) is 2.18. The van der Waals surface area contributed by atoms with Gasteiger partial charge in [0.05, 0.1) is 0 Å². The standard InChI is InChI=1S/C16H16F2O/c1-9-7-11(3)13(8-10(9)2)16(19)12-5-4-6-14(17)15(12)18/h4-8,16,19H,1-3H3. The quantitative estimate of drug-likeness (QED) is 0.868. The van der Waals surface area contributed by atoms with Gasteiger partial charge in [-0.25, -0.2) is 8.78 Å². The molecule has 0 fully saturated rings. The van der Waals surface area contributed by atoms with E-state index in [1.54, 1.807) is 0 Å². The van der Waals surface area contributed by atoms with E-state index in [-0.39, 0.29) is 5.56 Å². The monoisotopic (exact) mass is 262 g/mol. The molecule has 1 nitrogen and oxygen atoms in total. The average molecular weight is 262 g/mol. The zero-order chi connectivity index (χ0) is 14.2. The summed E-state index contributed by atoms with van der Waals surface area (Å²) in [5.74, 6) is -1.94. The van der Waals surface area contributed by atoms with Crippen molar-refractivity contribution in [1.29, 1.82) is 0 Å². The summed E-state index contributed by atoms with van der Waals surface area (Å²) in [5.41, 5.74) is 3.54. The minimum absolute atomic E-state index is 0.0358. The predicted octanol–water partition coefficient (Wildman–Crippen LogP) is 3.97. The number of aliphatic hydroxyl groups is 1. The molecule has 0 radical (unpaired) electrons. The molecule has 0 spiro atoms. The number of rotatable bonds is 2. The molecule has 0 aliphatic heterocycles. The lowest BCUT2D eigenvalue weighted by Crippen LogP contribution is -2.06. The molecule has 19 heavy (non-hydrogen) atoms. The van der Waals surface area contributed by atoms with Crippen molar-refractivity contribution in [1.82, 2.24) is 0 Å². The largest absolute Gasteiger partial charge is 0.384 e. The molecule has 1 unspecified atom stereocenters. The molecule has 0 aromatic heterocycles. The molecule has 0 saturated heterocycles. The summed E-state index contributed by atoms with van der Waals surface area (Å²) in [6.45, 7) is 5.75. The lowest BCUT2D eigenvalue weighted by atomic mass is 9.93. The van der Waals surface area contributed by atoms with Crippen LogP contribution in [0.1, 0.15) is 33.9 Å². The highest BCUT2D eigenvalue weighted by molar-refractivity contribution is 5.41. The summed E-state index contributed by atoms with van der Waals surface area (Å²) < 4.78 is 26.9. The summed E-state index contributed by atoms with van der Waals surface area (Å²) in [5, 5.41) is 10.3. The van der Waals surface area contributed by atoms with Crippen molar-refractivity contribution in [3.63, 3.8) is 0 Å². The Hall–Kier alpha value is -1.74. The Bertz CT molecular complexity index is 620. The fraction of sp³-hybridized carbons (Fsp3) is 0.250. The molecule has 0 saturated carbocycles. The molecule has 0 bridgehead atoms. The Morgan fingerprint density at radius 1 is 0.895 bits per heavy atom. The fourth-order valence-corrected chi connectivity index (χ4v) is 2.18. The molecule has 2 aromatic carbocycles. The van der Waals surface area contributed by atoms with Gasteiger partial charge in [-0.15, -0.1) is 0 Å². The molecule has 2 rings (SSSR count). The third kappa shape index (κ3) is 2.51. The van der Waals surface area contributed by atoms with Gasteiger partial charge >= 0.3 is 0 Å². The summed E-state index contributed by atoms with van der Waals surface area (Å²) in [4.78, 5) is 0. The van der Waals surface area contributed by atoms with Crippen LogP contribution in [0.4, 0.5) is 8.78 Å². The Morgan fingerprint density at radius 2 is 1.53 bits per heavy atom. The van der Waals surface area contributed by atoms with Gasteiger partial charge in [0.1, 0.15) is 6.10 Å². The molecule has 0 amide bonds. The molecule has 0 aliphatic rings. The van der Waals surface area contributed by atoms with E-state index in [2.05, 4.69) is 0 Å². The Balaban J connectivity index is 2.53. The highest BCUT2D eigenvalue weighted by Crippen LogP contribution is 2.29. The summed E-state index contributed by atoms with van der Waals surface area (Å²) >= 11 is 0. The van der Waals surface area contributed by atoms with Crippen molar-refractivity contribution in [2.24, 2.45) is 0 Å². The predicted molar refractivity (Wildman–Crippen MR) is 71.1 cm³/mol. The highest BCUT2D eigenvalue weighted by Gasteiger charge is 2.19. The normalized spacial score (nSPS) is 12.5. The molecular weight excluding hydrogens is 246 g/mol. The third-order valence-electron chi connectivity index (χ3n) is 3.45. The maximum absolute atomic E-state index is 13.7. The summed E-state index contributed by atoms with van der Waals surface area (Å²) in [6, 6.07) is 7.59. The van der Waals surface area contributed by atoms with E-state index in [1.165, 1.54) is 12.1 Å². The first-order valence-corrected chi connectivity index (χ1v) is 6.11. The second kappa shape index (κ2) is 5.10. The first kappa shape index (κ1) is 13.7. The minimum atomic E-state index is -1.16. The lowest BCUT2D eigenvalue weighted by molar-refractivity contribution is 0.212. The minimum Gasteiger partial charge on any atom is -0.384 e. The van der Waals surface area contributed by atoms with Crippen molar-refractivity contribution >= 4 is 0 Å². The van der Waals surface area contributed by atoms with Crippen molar-refractivity contribution < 1.29 is 13.9 Å². The molecule has 1 N–H and O–H groups in total. The van der Waals surface area contributed by atoms with Gasteiger partial charge in [-0.05, 0) is 49.1 Å². The second-order valence-electron chi connectivity index (χ2n) is 4.84. The number of benzene rings is 2. The van der Waals surface area contributed by atoms with Gasteiger partial charge in [-0.2, -0.15) is 0 Å². The lowest BCUT2D eigenvalue weighted by Gasteiger charge is -2.17. The summed E-state index contributed by atoms with van der Waals surface area (Å²) in [7, 11) is 0. The molecule has 100 valence electrons. The van der Waals surface area contributed by atoms with Crippen LogP contribution in [0.5, 0.6) is 0 Å². The van der Waals surface area contributed by atoms with E-state index >= 15 is 0 Å². The van der Waals surface area contributed by atoms with Crippen LogP contribution < -0.4 is 0 Å². The van der Waals surface area contributed by atoms with E-state index in [0.717, 1.165) is 22.8 Å². The van der Waals surface area contributed by atoms with Crippen LogP contribution in [0.2, 0.25) is 0 Å². The maximum Gasteiger partial charge on any atom is 0.164 e. The first-order chi connectivity index (χ1) is 8.91. The van der Waals surface area contributed by atoms with Crippen LogP contribution in [0.3, 0.4) is 0 Å². The van der Waals surface area contributed by atoms with Crippen LogP contribution in [0.25, 0.3) is 0 Å². The highest BCUT2D eigenvalue weighted by atomic mass is 19.2. The van der Waals surface area contributed by atoms with Crippen LogP contribution >= 0.6 is 0 Å². The van der Waals surface area contributed by atoms with E-state index in [4.69, 9.17) is 0 Å². The van der Waals surface area contributed by atoms with Crippen LogP contribution in [0, 0.1) is 32.4 Å². The number of hydrogen-bond donors (Lipinski definition) is 1. The number of hydrogen-bond acceptors (Lipinski definition) is 1. The second-order valence-corrected chi connectivity index (χ2v) is 4.84. The van der Waals surface area contributed by atoms with Gasteiger partial charge < -0.3 is 5.11 Å². The molecular formula is C16H16F2O. The van der Waals surface area contributed by atoms with Crippen molar-refractivity contribution in [3.05, 3.63) is 69.8 Å². The zero-order valence-corrected chi connectivity index (χ0v) is 11.2. The van der Waals surface area contributed by atoms with Gasteiger partial charge in [0.25, 0.3) is 0 Å². The van der Waals surface area contributed by atoms with Gasteiger partial charge in [0.15, 0.2) is 11.6 Å². The zero-order valence-electron chi connectivity index (χ0n) is 11.2. The summed E-state index contributed by atoms with van der Waals surface area (Å²) in [6.07, 6.45) is -1.16. The third-order valence-corrected chi connectivity index (χ3v) is 3.45. The molecule has 2 aromatic rings. The van der Waals surface area contributed by atoms with Crippen molar-refractivity contribution in [3.8, 4) is 0 Å². The van der Waals surface area contributed by atoms with Crippen molar-refractivity contribution in [2.45, 2.75) is 26.9 Å². The number of aryl methyl sites for hydroxylation is 3. The van der Waals surface area contributed by atoms with Gasteiger partial charge in [0, 0.05) is 5.56 Å². The smallest absolute Gasteiger partial charge is 0.164 e. The van der Waals surface area contributed by atoms with E-state index in [1.807, 2.05) is 32.9 Å². The number of aliphatic hydroxyl groups excluding tert-OH is 1. The molecule has 3 heteroatoms. The van der Waals surface area contributed by atoms with E-state index < -0.39 is 17.7 Å². The molecule has 1 atom stereocenters. The van der Waals surface area contributed by atoms with E-state index in [9.17, 15) is 13.9 Å². The van der Waals surface area contributed by atoms with Crippen molar-refractivity contribution in [2.75, 3.05) is 0 Å². The Kier molecular flexibility index (Phi) is 3.67. The average Bonchev–Trinajstić information content (AvgIpc) is 2.36. The van der Waals surface area contributed by atoms with E-state index in [0.29, 0.717) is 5.56 Å². The Labute approximate surface area is 111 Å². The van der Waals surface area contributed by atoms with Crippen LogP contribution in [-0.2, 0) is 0 Å². The van der Waals surface area contributed by atoms with Gasteiger partial charge in [0.2, 0.25) is 0 Å². The first-order valence-electron chi connectivity index (χ1n) is 6.11. The molecule has 0 heterocycles. The SMILES string of the molecule is Cc1cc(C)c(C(O)c2cccc(F)c2F)cc1C. The maximum atomic E-state index is 13.7. The van der Waals surface area contributed by atoms with Crippen LogP contribution in [-0.4, -0.2) is 5.11 Å². The topological polar surface area (TPSA) is 20.2 Å². The van der Waals surface area contributed by atoms with Gasteiger partial charge in [-0.3, -0.25) is 0 Å². The van der Waals surface area contributed by atoms with Crippen LogP contribution in [0.15, 0.2) is 30.3 Å². The molecule has 0 aliphatic carbocycles. The van der Waals surface area contributed by atoms with Gasteiger partial charge in [-0.1, -0.05) is 24.3 Å². The Morgan fingerprint density at radius 3 is 2.21 bits per heavy atom. The number of halogens is 2.